The number of nitrogens with two attached hydrogens (primary N) is 1. The van der Waals surface area contributed by atoms with Crippen molar-refractivity contribution in [3.8, 4) is 5.75 Å². The fourth-order valence-electron chi connectivity index (χ4n) is 3.46. The van der Waals surface area contributed by atoms with Gasteiger partial charge >= 0.3 is 0 Å². The van der Waals surface area contributed by atoms with Crippen LogP contribution >= 0.6 is 23.2 Å². The lowest BCUT2D eigenvalue weighted by Gasteiger charge is -2.37. The largest absolute Gasteiger partial charge is 0.495 e. The SMILES string of the molecule is CF.COc1cc(N2CCN(C(=O)CN3N=C(C(F)F)C(Cl)C3C)CC2)c(N)cc1Cl. The third-order valence-corrected chi connectivity index (χ3v) is 6.10. The first-order valence-electron chi connectivity index (χ1n) is 9.53. The number of ether oxygens (including phenoxy) is 1. The molecule has 2 heterocycles. The molecule has 2 atom stereocenters. The van der Waals surface area contributed by atoms with Gasteiger partial charge in [0.1, 0.15) is 23.4 Å². The second-order valence-corrected chi connectivity index (χ2v) is 7.86. The van der Waals surface area contributed by atoms with Crippen LogP contribution < -0.4 is 15.4 Å². The highest BCUT2D eigenvalue weighted by molar-refractivity contribution is 6.33. The van der Waals surface area contributed by atoms with Gasteiger partial charge < -0.3 is 20.3 Å². The zero-order valence-electron chi connectivity index (χ0n) is 17.5. The number of carbonyl (C=O) groups excluding carboxylic acids is 1. The Morgan fingerprint density at radius 3 is 2.42 bits per heavy atom. The molecule has 1 amide bonds. The van der Waals surface area contributed by atoms with Crippen molar-refractivity contribution in [2.45, 2.75) is 24.8 Å². The Labute approximate surface area is 189 Å². The summed E-state index contributed by atoms with van der Waals surface area (Å²) in [5.74, 6) is 0.349. The lowest BCUT2D eigenvalue weighted by Crippen LogP contribution is -2.51. The summed E-state index contributed by atoms with van der Waals surface area (Å²) in [6, 6.07) is 2.96. The zero-order chi connectivity index (χ0) is 23.3. The summed E-state index contributed by atoms with van der Waals surface area (Å²) in [6.07, 6.45) is -2.73. The molecule has 0 aromatic heterocycles. The first-order valence-corrected chi connectivity index (χ1v) is 10.3. The number of nitrogens with zero attached hydrogens (tertiary/aromatic N) is 4. The number of amides is 1. The summed E-state index contributed by atoms with van der Waals surface area (Å²) in [5, 5.41) is 4.73. The fraction of sp³-hybridized carbons (Fsp3) is 0.579. The molecule has 2 aliphatic rings. The van der Waals surface area contributed by atoms with E-state index in [4.69, 9.17) is 33.7 Å². The number of halogens is 5. The number of hydrogen-bond acceptors (Lipinski definition) is 6. The Balaban J connectivity index is 0.00000166. The van der Waals surface area contributed by atoms with Crippen molar-refractivity contribution in [1.82, 2.24) is 9.91 Å². The maximum Gasteiger partial charge on any atom is 0.279 e. The van der Waals surface area contributed by atoms with Gasteiger partial charge in [-0.2, -0.15) is 5.10 Å². The highest BCUT2D eigenvalue weighted by Gasteiger charge is 2.38. The minimum Gasteiger partial charge on any atom is -0.495 e. The van der Waals surface area contributed by atoms with Crippen molar-refractivity contribution < 1.29 is 22.7 Å². The molecule has 3 rings (SSSR count). The molecule has 31 heavy (non-hydrogen) atoms. The maximum absolute atomic E-state index is 13.0. The second-order valence-electron chi connectivity index (χ2n) is 6.98. The van der Waals surface area contributed by atoms with Crippen molar-refractivity contribution in [1.29, 1.82) is 0 Å². The smallest absolute Gasteiger partial charge is 0.279 e. The molecule has 174 valence electrons. The topological polar surface area (TPSA) is 74.4 Å². The van der Waals surface area contributed by atoms with Crippen LogP contribution in [0.15, 0.2) is 17.2 Å². The molecule has 0 radical (unpaired) electrons. The van der Waals surface area contributed by atoms with E-state index in [0.717, 1.165) is 5.69 Å². The minimum absolute atomic E-state index is 0.0858. The van der Waals surface area contributed by atoms with E-state index >= 15 is 0 Å². The van der Waals surface area contributed by atoms with Crippen LogP contribution in [0.5, 0.6) is 5.75 Å². The van der Waals surface area contributed by atoms with Crippen LogP contribution in [-0.2, 0) is 4.79 Å². The highest BCUT2D eigenvalue weighted by Crippen LogP contribution is 2.35. The number of hydrogen-bond donors (Lipinski definition) is 1. The van der Waals surface area contributed by atoms with Gasteiger partial charge in [-0.1, -0.05) is 11.6 Å². The number of rotatable bonds is 5. The quantitative estimate of drug-likeness (QED) is 0.514. The molecule has 7 nitrogen and oxygen atoms in total. The average molecular weight is 484 g/mol. The predicted octanol–water partition coefficient (Wildman–Crippen LogP) is 3.10. The summed E-state index contributed by atoms with van der Waals surface area (Å²) in [6.45, 7) is 3.68. The number of anilines is 2. The molecule has 2 unspecified atom stereocenters. The van der Waals surface area contributed by atoms with E-state index in [0.29, 0.717) is 49.8 Å². The van der Waals surface area contributed by atoms with E-state index in [1.165, 1.54) is 12.1 Å². The number of nitrogen functional groups attached to an aromatic ring is 1. The highest BCUT2D eigenvalue weighted by atomic mass is 35.5. The van der Waals surface area contributed by atoms with Crippen molar-refractivity contribution in [2.75, 3.05) is 57.6 Å². The lowest BCUT2D eigenvalue weighted by atomic mass is 10.1. The predicted molar refractivity (Wildman–Crippen MR) is 117 cm³/mol. The molecule has 1 aromatic carbocycles. The number of alkyl halides is 4. The van der Waals surface area contributed by atoms with Crippen LogP contribution in [0, 0.1) is 0 Å². The van der Waals surface area contributed by atoms with Crippen LogP contribution in [0.4, 0.5) is 24.5 Å². The van der Waals surface area contributed by atoms with Crippen LogP contribution in [0.3, 0.4) is 0 Å². The summed E-state index contributed by atoms with van der Waals surface area (Å²) in [4.78, 5) is 16.4. The molecule has 0 spiro atoms. The third-order valence-electron chi connectivity index (χ3n) is 5.22. The molecule has 0 bridgehead atoms. The van der Waals surface area contributed by atoms with Gasteiger partial charge in [-0.3, -0.25) is 14.2 Å². The standard InChI is InChI=1S/C18H23Cl2F2N5O2.CH3F/c1-10-16(20)17(18(21)22)24-27(10)9-15(28)26-5-3-25(4-6-26)13-8-14(29-2)11(19)7-12(13)23;1-2/h7-8,10,16,18H,3-6,9,23H2,1-2H3;1H3. The van der Waals surface area contributed by atoms with Crippen LogP contribution in [0.25, 0.3) is 0 Å². The van der Waals surface area contributed by atoms with Crippen LogP contribution in [-0.4, -0.2) is 86.4 Å². The Kier molecular flexibility index (Phi) is 8.93. The van der Waals surface area contributed by atoms with Crippen molar-refractivity contribution >= 4 is 46.2 Å². The van der Waals surface area contributed by atoms with Gasteiger partial charge in [0.2, 0.25) is 5.91 Å². The molecule has 1 saturated heterocycles. The molecule has 1 fully saturated rings. The Morgan fingerprint density at radius 1 is 1.29 bits per heavy atom. The van der Waals surface area contributed by atoms with Crippen molar-refractivity contribution in [2.24, 2.45) is 5.10 Å². The first-order chi connectivity index (χ1) is 14.7. The van der Waals surface area contributed by atoms with Gasteiger partial charge in [-0.25, -0.2) is 8.78 Å². The molecule has 2 N–H and O–H groups in total. The monoisotopic (exact) mass is 483 g/mol. The number of benzene rings is 1. The van der Waals surface area contributed by atoms with Crippen LogP contribution in [0.1, 0.15) is 6.92 Å². The Hall–Kier alpha value is -2.07. The van der Waals surface area contributed by atoms with Gasteiger partial charge in [0, 0.05) is 32.2 Å². The van der Waals surface area contributed by atoms with E-state index in [1.807, 2.05) is 0 Å². The van der Waals surface area contributed by atoms with E-state index in [2.05, 4.69) is 10.0 Å². The van der Waals surface area contributed by atoms with Crippen molar-refractivity contribution in [3.63, 3.8) is 0 Å². The van der Waals surface area contributed by atoms with Gasteiger partial charge in [0.15, 0.2) is 0 Å². The summed E-state index contributed by atoms with van der Waals surface area (Å²) >= 11 is 12.1. The Morgan fingerprint density at radius 2 is 1.90 bits per heavy atom. The first kappa shape index (κ1) is 25.2. The molecule has 0 saturated carbocycles. The average Bonchev–Trinajstić information content (AvgIpc) is 3.04. The zero-order valence-corrected chi connectivity index (χ0v) is 19.0. The normalized spacial score (nSPS) is 21.1. The molecule has 12 heteroatoms. The summed E-state index contributed by atoms with van der Waals surface area (Å²) in [5.41, 5.74) is 7.03. The number of carbonyl (C=O) groups is 1. The Bertz CT molecular complexity index is 807. The van der Waals surface area contributed by atoms with Crippen molar-refractivity contribution in [3.05, 3.63) is 17.2 Å². The molecule has 2 aliphatic heterocycles. The summed E-state index contributed by atoms with van der Waals surface area (Å²) in [7, 11) is 2.03. The van der Waals surface area contributed by atoms with E-state index in [9.17, 15) is 18.0 Å². The maximum atomic E-state index is 13.0. The number of methoxy groups -OCH3 is 1. The van der Waals surface area contributed by atoms with Gasteiger partial charge in [0.25, 0.3) is 6.43 Å². The molecule has 0 aliphatic carbocycles. The summed E-state index contributed by atoms with van der Waals surface area (Å²) < 4.78 is 40.7. The van der Waals surface area contributed by atoms with Gasteiger partial charge in [-0.15, -0.1) is 11.6 Å². The van der Waals surface area contributed by atoms with Gasteiger partial charge in [-0.05, 0) is 13.0 Å². The fourth-order valence-corrected chi connectivity index (χ4v) is 3.98. The lowest BCUT2D eigenvalue weighted by molar-refractivity contribution is -0.133. The minimum atomic E-state index is -2.73. The van der Waals surface area contributed by atoms with E-state index in [-0.39, 0.29) is 18.2 Å². The third kappa shape index (κ3) is 5.60. The molecular formula is C19H26Cl2F3N5O2. The van der Waals surface area contributed by atoms with E-state index in [1.54, 1.807) is 24.0 Å². The van der Waals surface area contributed by atoms with Gasteiger partial charge in [0.05, 0.1) is 36.7 Å². The number of piperazine rings is 1. The number of hydrazone groups is 1. The molecular weight excluding hydrogens is 458 g/mol. The van der Waals surface area contributed by atoms with E-state index < -0.39 is 17.8 Å². The molecule has 1 aromatic rings. The second kappa shape index (κ2) is 11.0. The van der Waals surface area contributed by atoms with Crippen LogP contribution in [0.2, 0.25) is 5.02 Å².